The van der Waals surface area contributed by atoms with E-state index in [-0.39, 0.29) is 10.4 Å². The third-order valence-corrected chi connectivity index (χ3v) is 3.93. The molecule has 0 aliphatic rings. The molecule has 1 N–H and O–H groups in total. The van der Waals surface area contributed by atoms with E-state index in [4.69, 9.17) is 0 Å². The lowest BCUT2D eigenvalue weighted by molar-refractivity contribution is -0.385. The molecular formula is C12H14BrFN2O3. The number of rotatable bonds is 4. The Labute approximate surface area is 118 Å². The molecule has 0 aliphatic heterocycles. The fraction of sp³-hybridized carbons (Fsp3) is 0.417. The maximum absolute atomic E-state index is 13.2. The first-order valence-corrected chi connectivity index (χ1v) is 6.46. The van der Waals surface area contributed by atoms with E-state index in [0.717, 1.165) is 18.2 Å². The second kappa shape index (κ2) is 5.64. The zero-order valence-electron chi connectivity index (χ0n) is 10.7. The first kappa shape index (κ1) is 15.6. The van der Waals surface area contributed by atoms with Crippen LogP contribution in [0.1, 0.15) is 31.1 Å². The number of hydrogen-bond donors (Lipinski definition) is 1. The van der Waals surface area contributed by atoms with Crippen molar-refractivity contribution >= 4 is 27.5 Å². The molecular weight excluding hydrogens is 319 g/mol. The molecule has 0 bridgehead atoms. The molecule has 0 spiro atoms. The van der Waals surface area contributed by atoms with Crippen molar-refractivity contribution in [1.29, 1.82) is 0 Å². The molecule has 7 heteroatoms. The van der Waals surface area contributed by atoms with E-state index < -0.39 is 27.9 Å². The average molecular weight is 333 g/mol. The molecule has 0 heterocycles. The number of hydrogen-bond acceptors (Lipinski definition) is 3. The standard InChI is InChI=1S/C12H14BrFN2O3/c1-7(13)12(2,3)15-11(17)8-4-9(14)6-10(5-8)16(18)19/h4-7H,1-3H3,(H,15,17). The molecule has 1 amide bonds. The molecule has 0 saturated heterocycles. The molecule has 1 aromatic carbocycles. The summed E-state index contributed by atoms with van der Waals surface area (Å²) in [7, 11) is 0. The third-order valence-electron chi connectivity index (χ3n) is 2.79. The van der Waals surface area contributed by atoms with Crippen LogP contribution in [0.2, 0.25) is 0 Å². The van der Waals surface area contributed by atoms with Gasteiger partial charge in [-0.3, -0.25) is 14.9 Å². The maximum atomic E-state index is 13.2. The van der Waals surface area contributed by atoms with Gasteiger partial charge < -0.3 is 5.32 Å². The third kappa shape index (κ3) is 3.99. The zero-order chi connectivity index (χ0) is 14.8. The number of non-ortho nitro benzene ring substituents is 1. The lowest BCUT2D eigenvalue weighted by Gasteiger charge is -2.29. The predicted octanol–water partition coefficient (Wildman–Crippen LogP) is 3.03. The van der Waals surface area contributed by atoms with Crippen LogP contribution in [0.5, 0.6) is 0 Å². The highest BCUT2D eigenvalue weighted by molar-refractivity contribution is 9.09. The van der Waals surface area contributed by atoms with Crippen LogP contribution in [0.25, 0.3) is 0 Å². The van der Waals surface area contributed by atoms with Crippen LogP contribution in [0, 0.1) is 15.9 Å². The average Bonchev–Trinajstić information content (AvgIpc) is 2.27. The number of benzene rings is 1. The molecule has 1 rings (SSSR count). The van der Waals surface area contributed by atoms with Crippen molar-refractivity contribution in [2.75, 3.05) is 0 Å². The Hall–Kier alpha value is -1.50. The number of nitro benzene ring substituents is 1. The van der Waals surface area contributed by atoms with E-state index in [1.807, 2.05) is 6.92 Å². The summed E-state index contributed by atoms with van der Waals surface area (Å²) in [6.07, 6.45) is 0. The highest BCUT2D eigenvalue weighted by Gasteiger charge is 2.27. The van der Waals surface area contributed by atoms with Gasteiger partial charge in [-0.2, -0.15) is 0 Å². The number of amides is 1. The summed E-state index contributed by atoms with van der Waals surface area (Å²) in [6, 6.07) is 2.79. The number of carbonyl (C=O) groups is 1. The molecule has 0 aliphatic carbocycles. The van der Waals surface area contributed by atoms with Crippen molar-refractivity contribution in [3.05, 3.63) is 39.7 Å². The number of alkyl halides is 1. The number of halogens is 2. The second-order valence-electron chi connectivity index (χ2n) is 4.75. The van der Waals surface area contributed by atoms with Gasteiger partial charge in [0.2, 0.25) is 0 Å². The van der Waals surface area contributed by atoms with Crippen LogP contribution < -0.4 is 5.32 Å². The SMILES string of the molecule is CC(Br)C(C)(C)NC(=O)c1cc(F)cc([N+](=O)[O-])c1. The van der Waals surface area contributed by atoms with Gasteiger partial charge in [0.15, 0.2) is 0 Å². The Bertz CT molecular complexity index is 518. The number of carbonyl (C=O) groups excluding carboxylic acids is 1. The van der Waals surface area contributed by atoms with Crippen LogP contribution in [-0.2, 0) is 0 Å². The topological polar surface area (TPSA) is 72.2 Å². The van der Waals surface area contributed by atoms with E-state index in [2.05, 4.69) is 21.2 Å². The van der Waals surface area contributed by atoms with Gasteiger partial charge in [-0.1, -0.05) is 22.9 Å². The minimum Gasteiger partial charge on any atom is -0.346 e. The van der Waals surface area contributed by atoms with Gasteiger partial charge in [-0.15, -0.1) is 0 Å². The van der Waals surface area contributed by atoms with E-state index in [0.29, 0.717) is 0 Å². The first-order chi connectivity index (χ1) is 8.63. The minimum atomic E-state index is -0.816. The summed E-state index contributed by atoms with van der Waals surface area (Å²) < 4.78 is 13.2. The largest absolute Gasteiger partial charge is 0.346 e. The van der Waals surface area contributed by atoms with E-state index >= 15 is 0 Å². The van der Waals surface area contributed by atoms with Crippen molar-refractivity contribution in [1.82, 2.24) is 5.32 Å². The summed E-state index contributed by atoms with van der Waals surface area (Å²) in [5, 5.41) is 13.3. The number of nitrogens with one attached hydrogen (secondary N) is 1. The Balaban J connectivity index is 3.04. The summed E-state index contributed by atoms with van der Waals surface area (Å²) in [4.78, 5) is 21.8. The van der Waals surface area contributed by atoms with Crippen molar-refractivity contribution < 1.29 is 14.1 Å². The van der Waals surface area contributed by atoms with Crippen LogP contribution in [0.4, 0.5) is 10.1 Å². The summed E-state index contributed by atoms with van der Waals surface area (Å²) in [5.74, 6) is -1.37. The minimum absolute atomic E-state index is 0.0208. The fourth-order valence-corrected chi connectivity index (χ4v) is 1.39. The van der Waals surface area contributed by atoms with Crippen LogP contribution in [0.3, 0.4) is 0 Å². The molecule has 19 heavy (non-hydrogen) atoms. The molecule has 1 aromatic rings. The molecule has 0 fully saturated rings. The monoisotopic (exact) mass is 332 g/mol. The van der Waals surface area contributed by atoms with E-state index in [9.17, 15) is 19.3 Å². The van der Waals surface area contributed by atoms with Crippen molar-refractivity contribution in [3.8, 4) is 0 Å². The Morgan fingerprint density at radius 1 is 1.47 bits per heavy atom. The highest BCUT2D eigenvalue weighted by Crippen LogP contribution is 2.20. The molecule has 5 nitrogen and oxygen atoms in total. The van der Waals surface area contributed by atoms with Crippen molar-refractivity contribution in [3.63, 3.8) is 0 Å². The number of nitrogens with zero attached hydrogens (tertiary/aromatic N) is 1. The Morgan fingerprint density at radius 2 is 2.05 bits per heavy atom. The Kier molecular flexibility index (Phi) is 4.62. The molecule has 0 saturated carbocycles. The van der Waals surface area contributed by atoms with Gasteiger partial charge in [0.25, 0.3) is 11.6 Å². The van der Waals surface area contributed by atoms with Crippen LogP contribution in [-0.4, -0.2) is 21.2 Å². The van der Waals surface area contributed by atoms with Crippen molar-refractivity contribution in [2.24, 2.45) is 0 Å². The Morgan fingerprint density at radius 3 is 2.53 bits per heavy atom. The zero-order valence-corrected chi connectivity index (χ0v) is 12.3. The number of nitro groups is 1. The fourth-order valence-electron chi connectivity index (χ4n) is 1.27. The second-order valence-corrected chi connectivity index (χ2v) is 6.12. The lowest BCUT2D eigenvalue weighted by atomic mass is 10.0. The van der Waals surface area contributed by atoms with Crippen molar-refractivity contribution in [2.45, 2.75) is 31.1 Å². The molecule has 104 valence electrons. The van der Waals surface area contributed by atoms with E-state index in [1.165, 1.54) is 0 Å². The molecule has 0 aromatic heterocycles. The summed E-state index contributed by atoms with van der Waals surface area (Å²) in [6.45, 7) is 5.43. The van der Waals surface area contributed by atoms with Gasteiger partial charge in [-0.05, 0) is 19.9 Å². The predicted molar refractivity (Wildman–Crippen MR) is 73.0 cm³/mol. The van der Waals surface area contributed by atoms with Gasteiger partial charge in [-0.25, -0.2) is 4.39 Å². The van der Waals surface area contributed by atoms with E-state index in [1.54, 1.807) is 13.8 Å². The normalized spacial score (nSPS) is 12.9. The quantitative estimate of drug-likeness (QED) is 0.523. The molecule has 0 radical (unpaired) electrons. The van der Waals surface area contributed by atoms with Gasteiger partial charge in [0, 0.05) is 22.0 Å². The highest BCUT2D eigenvalue weighted by atomic mass is 79.9. The molecule has 1 atom stereocenters. The van der Waals surface area contributed by atoms with Gasteiger partial charge >= 0.3 is 0 Å². The summed E-state index contributed by atoms with van der Waals surface area (Å²) in [5.41, 5.74) is -1.10. The molecule has 1 unspecified atom stereocenters. The summed E-state index contributed by atoms with van der Waals surface area (Å²) >= 11 is 3.35. The lowest BCUT2D eigenvalue weighted by Crippen LogP contribution is -2.48. The maximum Gasteiger partial charge on any atom is 0.273 e. The van der Waals surface area contributed by atoms with Gasteiger partial charge in [0.05, 0.1) is 11.0 Å². The van der Waals surface area contributed by atoms with Gasteiger partial charge in [0.1, 0.15) is 5.82 Å². The first-order valence-electron chi connectivity index (χ1n) is 5.55. The van der Waals surface area contributed by atoms with Crippen LogP contribution in [0.15, 0.2) is 18.2 Å². The smallest absolute Gasteiger partial charge is 0.273 e. The van der Waals surface area contributed by atoms with Crippen LogP contribution >= 0.6 is 15.9 Å².